The lowest BCUT2D eigenvalue weighted by Crippen LogP contribution is -2.48. The molecule has 4 aromatic rings. The van der Waals surface area contributed by atoms with Crippen molar-refractivity contribution in [3.8, 4) is 28.4 Å². The molecule has 0 saturated carbocycles. The second-order valence-electron chi connectivity index (χ2n) is 11.6. The fraction of sp³-hybridized carbons (Fsp3) is 0.286. The number of thiocarbonyl (C=S) groups is 1. The zero-order chi connectivity index (χ0) is 34.0. The highest BCUT2D eigenvalue weighted by atomic mass is 32.2. The largest absolute Gasteiger partial charge is 0.493 e. The molecular weight excluding hydrogens is 669 g/mol. The van der Waals surface area contributed by atoms with Crippen molar-refractivity contribution in [1.82, 2.24) is 19.0 Å². The fourth-order valence-corrected chi connectivity index (χ4v) is 8.76. The molecular formula is C35H36N4O6S3. The van der Waals surface area contributed by atoms with Gasteiger partial charge in [-0.2, -0.15) is 9.40 Å². The number of thioether (sulfide) groups is 1. The Hall–Kier alpha value is -4.01. The van der Waals surface area contributed by atoms with E-state index >= 15 is 0 Å². The Labute approximate surface area is 290 Å². The minimum Gasteiger partial charge on any atom is -0.493 e. The summed E-state index contributed by atoms with van der Waals surface area (Å²) in [6.45, 7) is 4.69. The molecule has 2 fully saturated rings. The van der Waals surface area contributed by atoms with Crippen molar-refractivity contribution in [3.05, 3.63) is 95.0 Å². The third-order valence-electron chi connectivity index (χ3n) is 8.13. The van der Waals surface area contributed by atoms with Crippen LogP contribution in [0.5, 0.6) is 11.5 Å². The molecule has 0 bridgehead atoms. The number of hydrogen-bond acceptors (Lipinski definition) is 9. The van der Waals surface area contributed by atoms with Crippen LogP contribution in [0, 0.1) is 0 Å². The first kappa shape index (κ1) is 33.9. The highest BCUT2D eigenvalue weighted by Crippen LogP contribution is 2.36. The molecule has 1 aromatic heterocycles. The molecule has 6 rings (SSSR count). The van der Waals surface area contributed by atoms with Crippen molar-refractivity contribution in [2.45, 2.75) is 37.4 Å². The molecule has 0 N–H and O–H groups in total. The van der Waals surface area contributed by atoms with Gasteiger partial charge in [0.1, 0.15) is 10.0 Å². The van der Waals surface area contributed by atoms with Gasteiger partial charge in [0.2, 0.25) is 10.0 Å². The Morgan fingerprint density at radius 1 is 0.979 bits per heavy atom. The molecule has 13 heteroatoms. The number of amides is 1. The number of hydrogen-bond donors (Lipinski definition) is 0. The average molecular weight is 705 g/mol. The molecule has 0 aliphatic carbocycles. The number of aromatic nitrogens is 2. The minimum atomic E-state index is -3.79. The first-order chi connectivity index (χ1) is 23.1. The molecule has 2 aliphatic rings. The van der Waals surface area contributed by atoms with Gasteiger partial charge < -0.3 is 14.2 Å². The molecule has 0 spiro atoms. The van der Waals surface area contributed by atoms with Crippen molar-refractivity contribution in [2.24, 2.45) is 0 Å². The summed E-state index contributed by atoms with van der Waals surface area (Å²) in [6, 6.07) is 22.1. The number of ether oxygens (including phenoxy) is 3. The van der Waals surface area contributed by atoms with Crippen LogP contribution in [0.3, 0.4) is 0 Å². The van der Waals surface area contributed by atoms with Gasteiger partial charge in [-0.15, -0.1) is 0 Å². The Balaban J connectivity index is 1.31. The number of benzene rings is 3. The highest BCUT2D eigenvalue weighted by Gasteiger charge is 2.34. The van der Waals surface area contributed by atoms with Gasteiger partial charge in [-0.05, 0) is 68.3 Å². The molecule has 2 atom stereocenters. The van der Waals surface area contributed by atoms with Crippen LogP contribution in [0.25, 0.3) is 23.0 Å². The smallest absolute Gasteiger partial charge is 0.266 e. The van der Waals surface area contributed by atoms with Gasteiger partial charge >= 0.3 is 0 Å². The van der Waals surface area contributed by atoms with Gasteiger partial charge in [0, 0.05) is 37.0 Å². The Morgan fingerprint density at radius 3 is 2.42 bits per heavy atom. The van der Waals surface area contributed by atoms with Gasteiger partial charge in [0.05, 0.1) is 41.9 Å². The Kier molecular flexibility index (Phi) is 10.0. The standard InChI is InChI=1S/C35H36N4O6S3/c1-23-20-37(21-24(2)45-23)48(41,42)29-12-8-9-26(18-29)33-27(22-39(36-33)28-10-6-5-7-11-28)19-32-34(40)38(35(46)47-32)16-15-25-13-14-30(43-3)31(17-25)44-4/h5-14,17-19,22-24H,15-16,20-21H2,1-4H3/b32-19-. The SMILES string of the molecule is COc1ccc(CCN2C(=O)/C(=C/c3cn(-c4ccccc4)nc3-c3cccc(S(=O)(=O)N4CC(C)OC(C)C4)c3)SC2=S)cc1OC. The number of morpholine rings is 1. The van der Waals surface area contributed by atoms with E-state index in [1.165, 1.54) is 16.1 Å². The van der Waals surface area contributed by atoms with Gasteiger partial charge in [0.25, 0.3) is 5.91 Å². The summed E-state index contributed by atoms with van der Waals surface area (Å²) >= 11 is 6.87. The third-order valence-corrected chi connectivity index (χ3v) is 11.3. The summed E-state index contributed by atoms with van der Waals surface area (Å²) < 4.78 is 47.7. The van der Waals surface area contributed by atoms with Crippen molar-refractivity contribution in [2.75, 3.05) is 33.9 Å². The lowest BCUT2D eigenvalue weighted by molar-refractivity contribution is -0.122. The van der Waals surface area contributed by atoms with Crippen LogP contribution >= 0.6 is 24.0 Å². The number of nitrogens with zero attached hydrogens (tertiary/aromatic N) is 4. The van der Waals surface area contributed by atoms with Gasteiger partial charge in [-0.25, -0.2) is 13.1 Å². The van der Waals surface area contributed by atoms with E-state index in [4.69, 9.17) is 31.5 Å². The van der Waals surface area contributed by atoms with Crippen LogP contribution in [0.2, 0.25) is 0 Å². The first-order valence-corrected chi connectivity index (χ1v) is 18.1. The Morgan fingerprint density at radius 2 is 1.71 bits per heavy atom. The monoisotopic (exact) mass is 704 g/mol. The molecule has 1 amide bonds. The van der Waals surface area contributed by atoms with Crippen LogP contribution in [0.4, 0.5) is 0 Å². The first-order valence-electron chi connectivity index (χ1n) is 15.4. The second-order valence-corrected chi connectivity index (χ2v) is 15.2. The molecule has 2 unspecified atom stereocenters. The third kappa shape index (κ3) is 7.06. The Bertz CT molecular complexity index is 1970. The van der Waals surface area contributed by atoms with Crippen LogP contribution in [-0.4, -0.2) is 83.7 Å². The van der Waals surface area contributed by atoms with E-state index in [-0.39, 0.29) is 36.1 Å². The molecule has 10 nitrogen and oxygen atoms in total. The van der Waals surface area contributed by atoms with Crippen molar-refractivity contribution in [1.29, 1.82) is 0 Å². The van der Waals surface area contributed by atoms with Crippen LogP contribution in [0.1, 0.15) is 25.0 Å². The number of methoxy groups -OCH3 is 2. The summed E-state index contributed by atoms with van der Waals surface area (Å²) in [5, 5.41) is 4.88. The van der Waals surface area contributed by atoms with E-state index in [2.05, 4.69) is 0 Å². The minimum absolute atomic E-state index is 0.169. The van der Waals surface area contributed by atoms with Gasteiger partial charge in [-0.1, -0.05) is 60.4 Å². The fourth-order valence-electron chi connectivity index (χ4n) is 5.82. The maximum atomic E-state index is 13.8. The topological polar surface area (TPSA) is 103 Å². The predicted octanol–water partition coefficient (Wildman–Crippen LogP) is 5.80. The van der Waals surface area contributed by atoms with Gasteiger partial charge in [0.15, 0.2) is 11.5 Å². The molecule has 2 saturated heterocycles. The van der Waals surface area contributed by atoms with E-state index in [9.17, 15) is 13.2 Å². The summed E-state index contributed by atoms with van der Waals surface area (Å²) in [6.07, 6.45) is 3.77. The average Bonchev–Trinajstić information content (AvgIpc) is 3.63. The zero-order valence-electron chi connectivity index (χ0n) is 27.0. The van der Waals surface area contributed by atoms with E-state index in [1.807, 2.05) is 74.6 Å². The predicted molar refractivity (Wildman–Crippen MR) is 191 cm³/mol. The summed E-state index contributed by atoms with van der Waals surface area (Å²) in [7, 11) is -0.620. The van der Waals surface area contributed by atoms with E-state index in [0.717, 1.165) is 11.3 Å². The number of carbonyl (C=O) groups excluding carboxylic acids is 1. The molecule has 0 radical (unpaired) electrons. The van der Waals surface area contributed by atoms with Crippen LogP contribution < -0.4 is 9.47 Å². The van der Waals surface area contributed by atoms with Crippen molar-refractivity contribution >= 4 is 50.3 Å². The van der Waals surface area contributed by atoms with Crippen LogP contribution in [-0.2, 0) is 26.0 Å². The molecule has 3 aromatic carbocycles. The number of sulfonamides is 1. The highest BCUT2D eigenvalue weighted by molar-refractivity contribution is 8.26. The molecule has 250 valence electrons. The second kappa shape index (κ2) is 14.2. The number of rotatable bonds is 10. The lowest BCUT2D eigenvalue weighted by Gasteiger charge is -2.34. The summed E-state index contributed by atoms with van der Waals surface area (Å²) in [5.41, 5.74) is 3.60. The van der Waals surface area contributed by atoms with Crippen LogP contribution in [0.15, 0.2) is 88.8 Å². The molecule has 48 heavy (non-hydrogen) atoms. The van der Waals surface area contributed by atoms with E-state index in [0.29, 0.717) is 50.5 Å². The summed E-state index contributed by atoms with van der Waals surface area (Å²) in [5.74, 6) is 1.06. The molecule has 3 heterocycles. The quantitative estimate of drug-likeness (QED) is 0.150. The number of carbonyl (C=O) groups is 1. The zero-order valence-corrected chi connectivity index (χ0v) is 29.5. The normalized spacial score (nSPS) is 19.7. The lowest BCUT2D eigenvalue weighted by atomic mass is 10.1. The van der Waals surface area contributed by atoms with Crippen molar-refractivity contribution in [3.63, 3.8) is 0 Å². The maximum Gasteiger partial charge on any atom is 0.266 e. The maximum absolute atomic E-state index is 13.8. The number of para-hydroxylation sites is 1. The van der Waals surface area contributed by atoms with E-state index in [1.54, 1.807) is 48.1 Å². The molecule has 2 aliphatic heterocycles. The van der Waals surface area contributed by atoms with E-state index < -0.39 is 10.0 Å². The van der Waals surface area contributed by atoms with Gasteiger partial charge in [-0.3, -0.25) is 9.69 Å². The van der Waals surface area contributed by atoms with Crippen molar-refractivity contribution < 1.29 is 27.4 Å². The summed E-state index contributed by atoms with van der Waals surface area (Å²) in [4.78, 5) is 15.9.